The highest BCUT2D eigenvalue weighted by atomic mass is 14.3. The Bertz CT molecular complexity index is 1610. The summed E-state index contributed by atoms with van der Waals surface area (Å²) in [4.78, 5) is 0. The van der Waals surface area contributed by atoms with Crippen LogP contribution in [0.4, 0.5) is 0 Å². The second-order valence-electron chi connectivity index (χ2n) is 13.3. The molecule has 0 radical (unpaired) electrons. The average molecular weight is 575 g/mol. The molecule has 3 aliphatic rings. The van der Waals surface area contributed by atoms with E-state index in [1.54, 1.807) is 0 Å². The molecule has 1 saturated carbocycles. The number of hydrogen-bond donors (Lipinski definition) is 0. The quantitative estimate of drug-likeness (QED) is 0.158. The number of allylic oxidation sites excluding steroid dienone is 9. The summed E-state index contributed by atoms with van der Waals surface area (Å²) in [5.74, 6) is 5.23. The van der Waals surface area contributed by atoms with Gasteiger partial charge in [-0.3, -0.25) is 0 Å². The van der Waals surface area contributed by atoms with Crippen LogP contribution in [0, 0.1) is 30.1 Å². The minimum atomic E-state index is 0.412. The van der Waals surface area contributed by atoms with E-state index in [0.717, 1.165) is 43.6 Å². The van der Waals surface area contributed by atoms with Crippen LogP contribution in [-0.2, 0) is 19.3 Å². The van der Waals surface area contributed by atoms with Crippen LogP contribution >= 0.6 is 0 Å². The molecule has 0 spiro atoms. The van der Waals surface area contributed by atoms with Gasteiger partial charge in [0.25, 0.3) is 0 Å². The van der Waals surface area contributed by atoms with Gasteiger partial charge in [0.15, 0.2) is 0 Å². The van der Waals surface area contributed by atoms with Crippen molar-refractivity contribution in [3.8, 4) is 12.3 Å². The number of rotatable bonds is 11. The molecule has 0 heterocycles. The van der Waals surface area contributed by atoms with Crippen molar-refractivity contribution < 1.29 is 0 Å². The van der Waals surface area contributed by atoms with Gasteiger partial charge in [-0.25, -0.2) is 0 Å². The van der Waals surface area contributed by atoms with Gasteiger partial charge in [-0.15, -0.1) is 6.42 Å². The normalized spacial score (nSPS) is 21.5. The first kappa shape index (κ1) is 30.0. The zero-order chi connectivity index (χ0) is 30.3. The van der Waals surface area contributed by atoms with Gasteiger partial charge in [0.05, 0.1) is 0 Å². The molecule has 222 valence electrons. The molecule has 2 atom stereocenters. The van der Waals surface area contributed by atoms with Crippen LogP contribution in [-0.4, -0.2) is 0 Å². The summed E-state index contributed by atoms with van der Waals surface area (Å²) in [6, 6.07) is 27.2. The lowest BCUT2D eigenvalue weighted by atomic mass is 9.69. The van der Waals surface area contributed by atoms with Gasteiger partial charge in [-0.1, -0.05) is 128 Å². The van der Waals surface area contributed by atoms with Gasteiger partial charge in [0.1, 0.15) is 0 Å². The number of terminal acetylenes is 1. The Morgan fingerprint density at radius 3 is 2.41 bits per heavy atom. The summed E-state index contributed by atoms with van der Waals surface area (Å²) in [6.07, 6.45) is 29.9. The Balaban J connectivity index is 1.14. The molecule has 0 nitrogen and oxygen atoms in total. The Morgan fingerprint density at radius 2 is 1.73 bits per heavy atom. The maximum absolute atomic E-state index is 5.87. The van der Waals surface area contributed by atoms with Crippen molar-refractivity contribution in [3.05, 3.63) is 160 Å². The summed E-state index contributed by atoms with van der Waals surface area (Å²) in [5, 5.41) is 0. The maximum atomic E-state index is 5.87. The molecule has 1 fully saturated rings. The van der Waals surface area contributed by atoms with Crippen LogP contribution in [0.15, 0.2) is 127 Å². The Labute approximate surface area is 266 Å². The topological polar surface area (TPSA) is 0 Å². The van der Waals surface area contributed by atoms with Crippen LogP contribution in [0.3, 0.4) is 0 Å². The standard InChI is InChI=1S/C44H46/c1-4-38-21-19-37(31-43(38)30-35-12-8-9-13-35)29-36-17-22-40(23-18-36)44(33(3)15-16-34-10-6-5-7-11-34)41-26-24-39(25-27-41)42-20-14-32(2)28-42/h1,5-8,10-14,19-21,24-28,31-32,36,40,44H,3,9,15-18,22-23,29-30H2,2H3. The summed E-state index contributed by atoms with van der Waals surface area (Å²) in [5.41, 5.74) is 12.1. The third kappa shape index (κ3) is 7.34. The first-order valence-corrected chi connectivity index (χ1v) is 16.7. The second-order valence-corrected chi connectivity index (χ2v) is 13.3. The molecule has 0 heteroatoms. The lowest BCUT2D eigenvalue weighted by molar-refractivity contribution is 0.252. The van der Waals surface area contributed by atoms with E-state index in [1.165, 1.54) is 70.2 Å². The van der Waals surface area contributed by atoms with Gasteiger partial charge < -0.3 is 0 Å². The highest BCUT2D eigenvalue weighted by Gasteiger charge is 2.30. The number of benzene rings is 3. The van der Waals surface area contributed by atoms with Gasteiger partial charge in [-0.2, -0.15) is 0 Å². The van der Waals surface area contributed by atoms with E-state index in [1.807, 2.05) is 0 Å². The Hall–Kier alpha value is -4.08. The van der Waals surface area contributed by atoms with Crippen LogP contribution in [0.2, 0.25) is 0 Å². The molecule has 0 aromatic heterocycles. The average Bonchev–Trinajstić information content (AvgIpc) is 3.74. The first-order chi connectivity index (χ1) is 21.6. The highest BCUT2D eigenvalue weighted by molar-refractivity contribution is 5.76. The molecule has 3 aromatic carbocycles. The van der Waals surface area contributed by atoms with Gasteiger partial charge >= 0.3 is 0 Å². The lowest BCUT2D eigenvalue weighted by Crippen LogP contribution is -2.23. The van der Waals surface area contributed by atoms with Gasteiger partial charge in [0, 0.05) is 11.5 Å². The Kier molecular flexibility index (Phi) is 9.63. The van der Waals surface area contributed by atoms with Crippen molar-refractivity contribution in [2.24, 2.45) is 17.8 Å². The van der Waals surface area contributed by atoms with E-state index in [-0.39, 0.29) is 0 Å². The molecule has 2 unspecified atom stereocenters. The maximum Gasteiger partial charge on any atom is 0.0278 e. The molecule has 44 heavy (non-hydrogen) atoms. The van der Waals surface area contributed by atoms with Crippen molar-refractivity contribution >= 4 is 5.57 Å². The van der Waals surface area contributed by atoms with Crippen LogP contribution in [0.1, 0.15) is 84.7 Å². The van der Waals surface area contributed by atoms with Crippen molar-refractivity contribution in [2.75, 3.05) is 0 Å². The molecule has 0 saturated heterocycles. The second kappa shape index (κ2) is 14.1. The predicted molar refractivity (Wildman–Crippen MR) is 188 cm³/mol. The smallest absolute Gasteiger partial charge is 0.0278 e. The van der Waals surface area contributed by atoms with Crippen molar-refractivity contribution in [2.45, 2.75) is 70.6 Å². The van der Waals surface area contributed by atoms with Crippen LogP contribution < -0.4 is 0 Å². The third-order valence-electron chi connectivity index (χ3n) is 10.1. The SMILES string of the molecule is C#Cc1ccc(CC2CCC(C(C(=C)CCc3ccccc3)c3ccc(C4=CC(C)C=C4)cc3)CC2)cc1CC1=CCC=C1. The largest absolute Gasteiger partial charge is 0.115 e. The van der Waals surface area contributed by atoms with Crippen molar-refractivity contribution in [3.63, 3.8) is 0 Å². The Morgan fingerprint density at radius 1 is 0.932 bits per heavy atom. The molecule has 3 aromatic rings. The third-order valence-corrected chi connectivity index (χ3v) is 10.1. The molecular formula is C44H46. The molecule has 0 aliphatic heterocycles. The van der Waals surface area contributed by atoms with Crippen LogP contribution in [0.25, 0.3) is 5.57 Å². The summed E-state index contributed by atoms with van der Waals surface area (Å²) >= 11 is 0. The summed E-state index contributed by atoms with van der Waals surface area (Å²) in [7, 11) is 0. The molecule has 3 aliphatic carbocycles. The zero-order valence-corrected chi connectivity index (χ0v) is 26.4. The molecule has 0 bridgehead atoms. The molecule has 0 N–H and O–H groups in total. The van der Waals surface area contributed by atoms with Crippen LogP contribution in [0.5, 0.6) is 0 Å². The number of aryl methyl sites for hydroxylation is 1. The fourth-order valence-corrected chi connectivity index (χ4v) is 7.65. The molecule has 6 rings (SSSR count). The lowest BCUT2D eigenvalue weighted by Gasteiger charge is -2.36. The van der Waals surface area contributed by atoms with Crippen molar-refractivity contribution in [1.29, 1.82) is 0 Å². The first-order valence-electron chi connectivity index (χ1n) is 16.7. The monoisotopic (exact) mass is 574 g/mol. The van der Waals surface area contributed by atoms with E-state index in [2.05, 4.69) is 122 Å². The molecular weight excluding hydrogens is 528 g/mol. The fraction of sp³-hybridized carbons (Fsp3) is 0.318. The van der Waals surface area contributed by atoms with Gasteiger partial charge in [-0.05, 0) is 121 Å². The summed E-state index contributed by atoms with van der Waals surface area (Å²) in [6.45, 7) is 6.99. The molecule has 0 amide bonds. The van der Waals surface area contributed by atoms with E-state index in [9.17, 15) is 0 Å². The predicted octanol–water partition coefficient (Wildman–Crippen LogP) is 11.0. The summed E-state index contributed by atoms with van der Waals surface area (Å²) < 4.78 is 0. The van der Waals surface area contributed by atoms with E-state index in [4.69, 9.17) is 13.0 Å². The fourth-order valence-electron chi connectivity index (χ4n) is 7.65. The minimum absolute atomic E-state index is 0.412. The number of hydrogen-bond acceptors (Lipinski definition) is 0. The van der Waals surface area contributed by atoms with E-state index in [0.29, 0.717) is 17.8 Å². The minimum Gasteiger partial charge on any atom is -0.115 e. The van der Waals surface area contributed by atoms with E-state index < -0.39 is 0 Å². The van der Waals surface area contributed by atoms with Crippen molar-refractivity contribution in [1.82, 2.24) is 0 Å². The van der Waals surface area contributed by atoms with E-state index >= 15 is 0 Å². The highest BCUT2D eigenvalue weighted by Crippen LogP contribution is 2.44. The van der Waals surface area contributed by atoms with Gasteiger partial charge in [0.2, 0.25) is 0 Å². The zero-order valence-electron chi connectivity index (χ0n) is 26.4.